The fraction of sp³-hybridized carbons (Fsp3) is 0.750. The van der Waals surface area contributed by atoms with Gasteiger partial charge >= 0.3 is 5.97 Å². The highest BCUT2D eigenvalue weighted by atomic mass is 16.6. The van der Waals surface area contributed by atoms with E-state index in [2.05, 4.69) is 9.99 Å². The van der Waals surface area contributed by atoms with E-state index in [-0.39, 0.29) is 12.7 Å². The maximum atomic E-state index is 10.1. The normalized spacial score (nSPS) is 25.9. The first kappa shape index (κ1) is 9.98. The quantitative estimate of drug-likeness (QED) is 0.658. The molecule has 1 aliphatic heterocycles. The molecule has 1 saturated heterocycles. The number of oxime groups is 1. The molecule has 0 spiro atoms. The van der Waals surface area contributed by atoms with Gasteiger partial charge in [0.2, 0.25) is 6.61 Å². The Kier molecular flexibility index (Phi) is 3.70. The highest BCUT2D eigenvalue weighted by Gasteiger charge is 2.14. The van der Waals surface area contributed by atoms with E-state index in [1.165, 1.54) is 0 Å². The molecule has 0 amide bonds. The van der Waals surface area contributed by atoms with Gasteiger partial charge in [-0.1, -0.05) is 5.16 Å². The number of hydrogen-bond acceptors (Lipinski definition) is 4. The Morgan fingerprint density at radius 2 is 2.62 bits per heavy atom. The predicted octanol–water partition coefficient (Wildman–Crippen LogP) is 0.643. The minimum absolute atomic E-state index is 0.154. The second-order valence-corrected chi connectivity index (χ2v) is 2.96. The van der Waals surface area contributed by atoms with Gasteiger partial charge in [-0.05, 0) is 6.92 Å². The van der Waals surface area contributed by atoms with E-state index in [4.69, 9.17) is 9.84 Å². The molecule has 0 radical (unpaired) electrons. The average molecular weight is 187 g/mol. The summed E-state index contributed by atoms with van der Waals surface area (Å²) in [5, 5.41) is 12.0. The van der Waals surface area contributed by atoms with E-state index < -0.39 is 5.97 Å². The summed E-state index contributed by atoms with van der Waals surface area (Å²) in [6.45, 7) is 2.21. The van der Waals surface area contributed by atoms with Crippen molar-refractivity contribution in [3.63, 3.8) is 0 Å². The van der Waals surface area contributed by atoms with Crippen molar-refractivity contribution in [1.29, 1.82) is 0 Å². The summed E-state index contributed by atoms with van der Waals surface area (Å²) in [6, 6.07) is 0. The van der Waals surface area contributed by atoms with E-state index in [1.54, 1.807) is 0 Å². The fourth-order valence-electron chi connectivity index (χ4n) is 1.13. The van der Waals surface area contributed by atoms with Crippen LogP contribution < -0.4 is 0 Å². The third kappa shape index (κ3) is 3.89. The molecule has 0 saturated carbocycles. The fourth-order valence-corrected chi connectivity index (χ4v) is 1.13. The van der Waals surface area contributed by atoms with Gasteiger partial charge < -0.3 is 14.7 Å². The topological polar surface area (TPSA) is 68.1 Å². The first-order chi connectivity index (χ1) is 6.18. The SMILES string of the molecule is CC1CC(=NOCC(=O)O)CCO1. The van der Waals surface area contributed by atoms with Crippen molar-refractivity contribution in [2.75, 3.05) is 13.2 Å². The zero-order valence-corrected chi connectivity index (χ0v) is 7.52. The van der Waals surface area contributed by atoms with Crippen LogP contribution in [0.15, 0.2) is 5.16 Å². The van der Waals surface area contributed by atoms with Crippen LogP contribution in [-0.4, -0.2) is 36.1 Å². The van der Waals surface area contributed by atoms with Crippen LogP contribution in [0.1, 0.15) is 19.8 Å². The van der Waals surface area contributed by atoms with Gasteiger partial charge in [-0.25, -0.2) is 4.79 Å². The van der Waals surface area contributed by atoms with Crippen LogP contribution in [-0.2, 0) is 14.4 Å². The first-order valence-electron chi connectivity index (χ1n) is 4.19. The lowest BCUT2D eigenvalue weighted by atomic mass is 10.1. The Bertz CT molecular complexity index is 214. The number of hydrogen-bond donors (Lipinski definition) is 1. The largest absolute Gasteiger partial charge is 0.479 e. The van der Waals surface area contributed by atoms with Crippen molar-refractivity contribution in [2.45, 2.75) is 25.9 Å². The van der Waals surface area contributed by atoms with Crippen LogP contribution in [0.5, 0.6) is 0 Å². The second kappa shape index (κ2) is 4.81. The minimum atomic E-state index is -1.01. The Morgan fingerprint density at radius 1 is 1.85 bits per heavy atom. The lowest BCUT2D eigenvalue weighted by Crippen LogP contribution is -2.23. The Morgan fingerprint density at radius 3 is 3.23 bits per heavy atom. The van der Waals surface area contributed by atoms with E-state index in [9.17, 15) is 4.79 Å². The van der Waals surface area contributed by atoms with E-state index in [1.807, 2.05) is 6.92 Å². The summed E-state index contributed by atoms with van der Waals surface area (Å²) >= 11 is 0. The van der Waals surface area contributed by atoms with Crippen LogP contribution in [0, 0.1) is 0 Å². The van der Waals surface area contributed by atoms with Crippen LogP contribution in [0.2, 0.25) is 0 Å². The van der Waals surface area contributed by atoms with Crippen molar-refractivity contribution >= 4 is 11.7 Å². The van der Waals surface area contributed by atoms with Gasteiger partial charge in [0.25, 0.3) is 0 Å². The standard InChI is InChI=1S/C8H13NO4/c1-6-4-7(2-3-12-6)9-13-5-8(10)11/h6H,2-5H2,1H3,(H,10,11). The summed E-state index contributed by atoms with van der Waals surface area (Å²) in [5.41, 5.74) is 0.875. The number of ether oxygens (including phenoxy) is 1. The monoisotopic (exact) mass is 187 g/mol. The zero-order valence-electron chi connectivity index (χ0n) is 7.52. The van der Waals surface area contributed by atoms with E-state index in [0.717, 1.165) is 18.6 Å². The van der Waals surface area contributed by atoms with Crippen molar-refractivity contribution < 1.29 is 19.5 Å². The molecule has 5 heteroatoms. The van der Waals surface area contributed by atoms with Gasteiger partial charge in [0.15, 0.2) is 0 Å². The summed E-state index contributed by atoms with van der Waals surface area (Å²) in [5.74, 6) is -1.01. The molecular formula is C8H13NO4. The Balaban J connectivity index is 2.28. The average Bonchev–Trinajstić information content (AvgIpc) is 2.03. The third-order valence-electron chi connectivity index (χ3n) is 1.70. The van der Waals surface area contributed by atoms with Crippen LogP contribution in [0.4, 0.5) is 0 Å². The number of carboxylic acid groups (broad SMARTS) is 1. The molecule has 1 atom stereocenters. The Labute approximate surface area is 76.3 Å². The number of aliphatic carboxylic acids is 1. The molecule has 0 aromatic carbocycles. The lowest BCUT2D eigenvalue weighted by Gasteiger charge is -2.19. The van der Waals surface area contributed by atoms with Gasteiger partial charge in [0.05, 0.1) is 18.4 Å². The van der Waals surface area contributed by atoms with Gasteiger partial charge in [-0.15, -0.1) is 0 Å². The molecule has 1 heterocycles. The molecule has 5 nitrogen and oxygen atoms in total. The highest BCUT2D eigenvalue weighted by molar-refractivity contribution is 5.85. The van der Waals surface area contributed by atoms with Crippen molar-refractivity contribution in [2.24, 2.45) is 5.16 Å². The van der Waals surface area contributed by atoms with Gasteiger partial charge in [-0.3, -0.25) is 0 Å². The molecule has 0 bridgehead atoms. The first-order valence-corrected chi connectivity index (χ1v) is 4.19. The molecule has 1 unspecified atom stereocenters. The zero-order chi connectivity index (χ0) is 9.68. The molecule has 1 aliphatic rings. The van der Waals surface area contributed by atoms with Gasteiger partial charge in [0, 0.05) is 12.8 Å². The molecule has 1 fully saturated rings. The number of carbonyl (C=O) groups is 1. The summed E-state index contributed by atoms with van der Waals surface area (Å²) in [4.78, 5) is 14.7. The van der Waals surface area contributed by atoms with E-state index >= 15 is 0 Å². The van der Waals surface area contributed by atoms with Crippen LogP contribution >= 0.6 is 0 Å². The summed E-state index contributed by atoms with van der Waals surface area (Å²) in [6.07, 6.45) is 1.60. The van der Waals surface area contributed by atoms with Crippen molar-refractivity contribution in [3.8, 4) is 0 Å². The predicted molar refractivity (Wildman–Crippen MR) is 45.7 cm³/mol. The number of rotatable bonds is 3. The molecule has 74 valence electrons. The molecule has 0 aliphatic carbocycles. The smallest absolute Gasteiger partial charge is 0.344 e. The minimum Gasteiger partial charge on any atom is -0.479 e. The molecule has 0 aromatic rings. The number of nitrogens with zero attached hydrogens (tertiary/aromatic N) is 1. The molecular weight excluding hydrogens is 174 g/mol. The van der Waals surface area contributed by atoms with Crippen LogP contribution in [0.25, 0.3) is 0 Å². The maximum Gasteiger partial charge on any atom is 0.344 e. The van der Waals surface area contributed by atoms with Gasteiger partial charge in [-0.2, -0.15) is 0 Å². The van der Waals surface area contributed by atoms with Crippen molar-refractivity contribution in [1.82, 2.24) is 0 Å². The molecule has 0 aromatic heterocycles. The second-order valence-electron chi connectivity index (χ2n) is 2.96. The van der Waals surface area contributed by atoms with Crippen molar-refractivity contribution in [3.05, 3.63) is 0 Å². The Hall–Kier alpha value is -1.10. The highest BCUT2D eigenvalue weighted by Crippen LogP contribution is 2.10. The van der Waals surface area contributed by atoms with Crippen LogP contribution in [0.3, 0.4) is 0 Å². The lowest BCUT2D eigenvalue weighted by molar-refractivity contribution is -0.142. The number of carboxylic acids is 1. The summed E-state index contributed by atoms with van der Waals surface area (Å²) < 4.78 is 5.28. The molecule has 1 rings (SSSR count). The van der Waals surface area contributed by atoms with Gasteiger partial charge in [0.1, 0.15) is 0 Å². The third-order valence-corrected chi connectivity index (χ3v) is 1.70. The maximum absolute atomic E-state index is 10.1. The molecule has 1 N–H and O–H groups in total. The summed E-state index contributed by atoms with van der Waals surface area (Å²) in [7, 11) is 0. The van der Waals surface area contributed by atoms with E-state index in [0.29, 0.717) is 6.61 Å². The molecule has 13 heavy (non-hydrogen) atoms.